The van der Waals surface area contributed by atoms with Gasteiger partial charge in [-0.1, -0.05) is 12.8 Å². The normalized spacial score (nSPS) is 18.3. The summed E-state index contributed by atoms with van der Waals surface area (Å²) >= 11 is 0. The van der Waals surface area contributed by atoms with Crippen molar-refractivity contribution in [2.24, 2.45) is 16.9 Å². The lowest BCUT2D eigenvalue weighted by atomic mass is 9.91. The van der Waals surface area contributed by atoms with Crippen molar-refractivity contribution >= 4 is 24.2 Å². The van der Waals surface area contributed by atoms with Crippen LogP contribution in [0.5, 0.6) is 0 Å². The number of hydrogen-bond acceptors (Lipinski definition) is 3. The Morgan fingerprint density at radius 2 is 1.76 bits per heavy atom. The van der Waals surface area contributed by atoms with Gasteiger partial charge in [0.25, 0.3) is 0 Å². The molecule has 0 aromatic rings. The summed E-state index contributed by atoms with van der Waals surface area (Å²) in [4.78, 5) is 22.9. The van der Waals surface area contributed by atoms with Crippen molar-refractivity contribution in [1.82, 2.24) is 5.32 Å². The molecule has 5 N–H and O–H groups in total. The number of carbonyl (C=O) groups excluding carboxylic acids is 2. The molecular weight excluding hydrogens is 242 g/mol. The fourth-order valence-electron chi connectivity index (χ4n) is 1.80. The highest BCUT2D eigenvalue weighted by molar-refractivity contribution is 5.87. The van der Waals surface area contributed by atoms with Crippen molar-refractivity contribution in [2.75, 3.05) is 6.54 Å². The number of amides is 2. The molecule has 100 valence electrons. The zero-order chi connectivity index (χ0) is 12.4. The second-order valence-electron chi connectivity index (χ2n) is 5.29. The molecule has 1 aliphatic carbocycles. The molecule has 0 atom stereocenters. The largest absolute Gasteiger partial charge is 0.369 e. The van der Waals surface area contributed by atoms with Crippen LogP contribution in [-0.4, -0.2) is 23.9 Å². The molecular formula is C11H22ClN3O2. The minimum atomic E-state index is -0.742. The Hall–Kier alpha value is -0.810. The second kappa shape index (κ2) is 5.69. The molecule has 0 saturated heterocycles. The molecule has 17 heavy (non-hydrogen) atoms. The predicted molar refractivity (Wildman–Crippen MR) is 68.6 cm³/mol. The van der Waals surface area contributed by atoms with Crippen LogP contribution in [0.3, 0.4) is 0 Å². The summed E-state index contributed by atoms with van der Waals surface area (Å²) in [6, 6.07) is 0. The average molecular weight is 264 g/mol. The molecule has 0 spiro atoms. The third-order valence-corrected chi connectivity index (χ3v) is 3.31. The van der Waals surface area contributed by atoms with Crippen LogP contribution in [0.1, 0.15) is 39.5 Å². The minimum absolute atomic E-state index is 0. The molecule has 5 nitrogen and oxygen atoms in total. The summed E-state index contributed by atoms with van der Waals surface area (Å²) in [5.74, 6) is -0.593. The van der Waals surface area contributed by atoms with Crippen LogP contribution < -0.4 is 16.8 Å². The lowest BCUT2D eigenvalue weighted by Crippen LogP contribution is -2.54. The summed E-state index contributed by atoms with van der Waals surface area (Å²) in [7, 11) is 0. The van der Waals surface area contributed by atoms with E-state index in [1.165, 1.54) is 0 Å². The quantitative estimate of drug-likeness (QED) is 0.681. The summed E-state index contributed by atoms with van der Waals surface area (Å²) in [6.07, 6.45) is 3.41. The molecule has 6 heteroatoms. The highest BCUT2D eigenvalue weighted by Gasteiger charge is 2.38. The van der Waals surface area contributed by atoms with Crippen molar-refractivity contribution in [3.63, 3.8) is 0 Å². The lowest BCUT2D eigenvalue weighted by molar-refractivity contribution is -0.129. The molecule has 1 aliphatic rings. The number of halogens is 1. The van der Waals surface area contributed by atoms with Crippen LogP contribution in [0, 0.1) is 5.41 Å². The minimum Gasteiger partial charge on any atom is -0.369 e. The fraction of sp³-hybridized carbons (Fsp3) is 0.818. The molecule has 0 radical (unpaired) electrons. The zero-order valence-electron chi connectivity index (χ0n) is 10.4. The van der Waals surface area contributed by atoms with Gasteiger partial charge in [-0.15, -0.1) is 12.4 Å². The first-order valence-corrected chi connectivity index (χ1v) is 5.65. The molecule has 0 bridgehead atoms. The third kappa shape index (κ3) is 3.85. The van der Waals surface area contributed by atoms with Gasteiger partial charge in [0, 0.05) is 6.54 Å². The van der Waals surface area contributed by atoms with E-state index < -0.39 is 16.9 Å². The van der Waals surface area contributed by atoms with Crippen LogP contribution in [-0.2, 0) is 9.59 Å². The Bertz CT molecular complexity index is 299. The number of carbonyl (C=O) groups is 2. The monoisotopic (exact) mass is 263 g/mol. The van der Waals surface area contributed by atoms with Gasteiger partial charge in [0.15, 0.2) is 0 Å². The van der Waals surface area contributed by atoms with Crippen molar-refractivity contribution in [3.05, 3.63) is 0 Å². The maximum atomic E-state index is 11.8. The first-order valence-electron chi connectivity index (χ1n) is 5.65. The maximum absolute atomic E-state index is 11.8. The van der Waals surface area contributed by atoms with E-state index in [2.05, 4.69) is 5.32 Å². The number of primary amides is 1. The van der Waals surface area contributed by atoms with E-state index in [-0.39, 0.29) is 24.9 Å². The molecule has 1 fully saturated rings. The molecule has 0 aromatic carbocycles. The van der Waals surface area contributed by atoms with Crippen LogP contribution in [0.15, 0.2) is 0 Å². The number of nitrogens with two attached hydrogens (primary N) is 2. The Morgan fingerprint density at radius 3 is 2.18 bits per heavy atom. The summed E-state index contributed by atoms with van der Waals surface area (Å²) in [5, 5.41) is 2.72. The standard InChI is InChI=1S/C11H21N3O2.ClH/c1-10(2,8(12)15)7-14-9(16)11(13)5-3-4-6-11;/h3-7,13H2,1-2H3,(H2,12,15)(H,14,16);1H. The molecule has 2 amide bonds. The Labute approximate surface area is 108 Å². The first-order chi connectivity index (χ1) is 7.28. The van der Waals surface area contributed by atoms with E-state index in [9.17, 15) is 9.59 Å². The van der Waals surface area contributed by atoms with Gasteiger partial charge in [0.05, 0.1) is 11.0 Å². The highest BCUT2D eigenvalue weighted by atomic mass is 35.5. The van der Waals surface area contributed by atoms with E-state index in [1.54, 1.807) is 13.8 Å². The third-order valence-electron chi connectivity index (χ3n) is 3.31. The van der Waals surface area contributed by atoms with E-state index in [0.717, 1.165) is 25.7 Å². The van der Waals surface area contributed by atoms with Gasteiger partial charge in [-0.05, 0) is 26.7 Å². The maximum Gasteiger partial charge on any atom is 0.240 e. The van der Waals surface area contributed by atoms with Crippen molar-refractivity contribution in [2.45, 2.75) is 45.1 Å². The topological polar surface area (TPSA) is 98.2 Å². The van der Waals surface area contributed by atoms with E-state index in [0.29, 0.717) is 0 Å². The van der Waals surface area contributed by atoms with Crippen LogP contribution in [0.25, 0.3) is 0 Å². The van der Waals surface area contributed by atoms with E-state index >= 15 is 0 Å². The summed E-state index contributed by atoms with van der Waals surface area (Å²) < 4.78 is 0. The second-order valence-corrected chi connectivity index (χ2v) is 5.29. The summed E-state index contributed by atoms with van der Waals surface area (Å²) in [5.41, 5.74) is 9.73. The molecule has 0 aromatic heterocycles. The van der Waals surface area contributed by atoms with Gasteiger partial charge in [-0.2, -0.15) is 0 Å². The zero-order valence-corrected chi connectivity index (χ0v) is 11.2. The fourth-order valence-corrected chi connectivity index (χ4v) is 1.80. The molecule has 0 heterocycles. The van der Waals surface area contributed by atoms with E-state index in [4.69, 9.17) is 11.5 Å². The van der Waals surface area contributed by atoms with Gasteiger partial charge in [-0.25, -0.2) is 0 Å². The smallest absolute Gasteiger partial charge is 0.240 e. The molecule has 0 unspecified atom stereocenters. The number of rotatable bonds is 4. The molecule has 1 rings (SSSR count). The van der Waals surface area contributed by atoms with Crippen molar-refractivity contribution in [3.8, 4) is 0 Å². The average Bonchev–Trinajstić information content (AvgIpc) is 2.62. The molecule has 0 aliphatic heterocycles. The first kappa shape index (κ1) is 16.2. The van der Waals surface area contributed by atoms with Gasteiger partial charge in [0.1, 0.15) is 0 Å². The Kier molecular flexibility index (Phi) is 5.42. The van der Waals surface area contributed by atoms with Gasteiger partial charge in [-0.3, -0.25) is 9.59 Å². The lowest BCUT2D eigenvalue weighted by Gasteiger charge is -2.26. The van der Waals surface area contributed by atoms with Gasteiger partial charge < -0.3 is 16.8 Å². The highest BCUT2D eigenvalue weighted by Crippen LogP contribution is 2.27. The SMILES string of the molecule is CC(C)(CNC(=O)C1(N)CCCC1)C(N)=O.Cl. The number of nitrogens with one attached hydrogen (secondary N) is 1. The number of hydrogen-bond donors (Lipinski definition) is 3. The van der Waals surface area contributed by atoms with Crippen LogP contribution in [0.2, 0.25) is 0 Å². The molecule has 1 saturated carbocycles. The predicted octanol–water partition coefficient (Wildman–Crippen LogP) is 0.307. The summed E-state index contributed by atoms with van der Waals surface area (Å²) in [6.45, 7) is 3.64. The van der Waals surface area contributed by atoms with Crippen molar-refractivity contribution < 1.29 is 9.59 Å². The van der Waals surface area contributed by atoms with E-state index in [1.807, 2.05) is 0 Å². The van der Waals surface area contributed by atoms with Gasteiger partial charge in [0.2, 0.25) is 11.8 Å². The Balaban J connectivity index is 0.00000256. The Morgan fingerprint density at radius 1 is 1.29 bits per heavy atom. The van der Waals surface area contributed by atoms with Crippen molar-refractivity contribution in [1.29, 1.82) is 0 Å². The van der Waals surface area contributed by atoms with Gasteiger partial charge >= 0.3 is 0 Å². The van der Waals surface area contributed by atoms with Crippen LogP contribution >= 0.6 is 12.4 Å². The van der Waals surface area contributed by atoms with Crippen LogP contribution in [0.4, 0.5) is 0 Å².